The van der Waals surface area contributed by atoms with E-state index in [1.807, 2.05) is 0 Å². The smallest absolute Gasteiger partial charge is 0.303 e. The van der Waals surface area contributed by atoms with Gasteiger partial charge in [-0.2, -0.15) is 0 Å². The summed E-state index contributed by atoms with van der Waals surface area (Å²) < 4.78 is 21.7. The molecule has 8 heteroatoms. The first kappa shape index (κ1) is 20.5. The lowest BCUT2D eigenvalue weighted by molar-refractivity contribution is -0.296. The van der Waals surface area contributed by atoms with Gasteiger partial charge in [0.1, 0.15) is 18.3 Å². The van der Waals surface area contributed by atoms with Crippen LogP contribution < -0.4 is 0 Å². The number of hydrogen-bond acceptors (Lipinski definition) is 7. The van der Waals surface area contributed by atoms with Gasteiger partial charge in [-0.1, -0.05) is 20.8 Å². The Kier molecular flexibility index (Phi) is 6.77. The molecule has 1 aliphatic heterocycles. The molecule has 1 fully saturated rings. The van der Waals surface area contributed by atoms with Crippen molar-refractivity contribution >= 4 is 14.3 Å². The quantitative estimate of drug-likeness (QED) is 0.565. The van der Waals surface area contributed by atoms with Crippen LogP contribution in [0.25, 0.3) is 0 Å². The van der Waals surface area contributed by atoms with Crippen molar-refractivity contribution in [3.05, 3.63) is 0 Å². The number of ether oxygens (including phenoxy) is 3. The van der Waals surface area contributed by atoms with Gasteiger partial charge >= 0.3 is 5.97 Å². The molecule has 0 aromatic rings. The molecule has 0 aliphatic carbocycles. The lowest BCUT2D eigenvalue weighted by Gasteiger charge is -2.43. The second-order valence-corrected chi connectivity index (χ2v) is 12.2. The number of aliphatic hydroxyl groups excluding tert-OH is 2. The van der Waals surface area contributed by atoms with Gasteiger partial charge < -0.3 is 28.8 Å². The third-order valence-electron chi connectivity index (χ3n) is 4.59. The topological polar surface area (TPSA) is 94.5 Å². The number of rotatable bonds is 5. The minimum atomic E-state index is -2.02. The molecule has 2 N–H and O–H groups in total. The normalized spacial score (nSPS) is 32.7. The van der Waals surface area contributed by atoms with Crippen molar-refractivity contribution in [2.45, 2.75) is 76.5 Å². The minimum Gasteiger partial charge on any atom is -0.457 e. The van der Waals surface area contributed by atoms with Crippen molar-refractivity contribution in [1.29, 1.82) is 0 Å². The van der Waals surface area contributed by atoms with Crippen molar-refractivity contribution in [2.24, 2.45) is 0 Å². The summed E-state index contributed by atoms with van der Waals surface area (Å²) in [5.74, 6) is -0.589. The molecule has 23 heavy (non-hydrogen) atoms. The fourth-order valence-electron chi connectivity index (χ4n) is 2.07. The van der Waals surface area contributed by atoms with Crippen LogP contribution in [-0.4, -0.2) is 68.9 Å². The van der Waals surface area contributed by atoms with Crippen molar-refractivity contribution in [3.8, 4) is 0 Å². The number of esters is 1. The molecule has 1 heterocycles. The third-order valence-corrected chi connectivity index (χ3v) is 9.09. The van der Waals surface area contributed by atoms with Crippen molar-refractivity contribution in [2.75, 3.05) is 13.7 Å². The Morgan fingerprint density at radius 1 is 1.22 bits per heavy atom. The molecule has 0 radical (unpaired) electrons. The molecule has 1 saturated heterocycles. The Morgan fingerprint density at radius 2 is 1.78 bits per heavy atom. The van der Waals surface area contributed by atoms with Crippen molar-refractivity contribution < 1.29 is 33.6 Å². The van der Waals surface area contributed by atoms with Gasteiger partial charge in [0.25, 0.3) is 0 Å². The van der Waals surface area contributed by atoms with E-state index in [-0.39, 0.29) is 11.6 Å². The van der Waals surface area contributed by atoms with E-state index in [9.17, 15) is 15.0 Å². The number of carbonyl (C=O) groups excluding carboxylic acids is 1. The van der Waals surface area contributed by atoms with Crippen LogP contribution in [-0.2, 0) is 23.4 Å². The molecule has 0 unspecified atom stereocenters. The average molecular weight is 350 g/mol. The first-order valence-electron chi connectivity index (χ1n) is 7.76. The first-order valence-corrected chi connectivity index (χ1v) is 10.7. The van der Waals surface area contributed by atoms with Gasteiger partial charge in [-0.15, -0.1) is 0 Å². The van der Waals surface area contributed by atoms with Crippen LogP contribution >= 0.6 is 0 Å². The van der Waals surface area contributed by atoms with E-state index in [2.05, 4.69) is 33.9 Å². The second kappa shape index (κ2) is 7.58. The van der Waals surface area contributed by atoms with E-state index < -0.39 is 45.0 Å². The summed E-state index contributed by atoms with van der Waals surface area (Å²) >= 11 is 0. The van der Waals surface area contributed by atoms with Gasteiger partial charge in [-0.05, 0) is 18.1 Å². The van der Waals surface area contributed by atoms with Crippen LogP contribution in [0.3, 0.4) is 0 Å². The van der Waals surface area contributed by atoms with Crippen LogP contribution in [0.15, 0.2) is 0 Å². The number of hydrogen-bond donors (Lipinski definition) is 2. The predicted octanol–water partition coefficient (Wildman–Crippen LogP) is 1.03. The maximum absolute atomic E-state index is 11.2. The fourth-order valence-corrected chi connectivity index (χ4v) is 3.09. The average Bonchev–Trinajstić information content (AvgIpc) is 2.41. The zero-order chi connectivity index (χ0) is 18.0. The summed E-state index contributed by atoms with van der Waals surface area (Å²) in [7, 11) is -0.647. The van der Waals surface area contributed by atoms with E-state index in [0.717, 1.165) is 0 Å². The molecule has 0 amide bonds. The largest absolute Gasteiger partial charge is 0.457 e. The van der Waals surface area contributed by atoms with Crippen LogP contribution in [0.4, 0.5) is 0 Å². The third kappa shape index (κ3) is 4.98. The molecule has 1 aliphatic rings. The van der Waals surface area contributed by atoms with Crippen LogP contribution in [0.2, 0.25) is 18.1 Å². The van der Waals surface area contributed by atoms with Crippen molar-refractivity contribution in [1.82, 2.24) is 0 Å². The summed E-state index contributed by atoms with van der Waals surface area (Å²) in [5.41, 5.74) is 0. The maximum atomic E-state index is 11.2. The molecule has 1 rings (SSSR count). The lowest BCUT2D eigenvalue weighted by Crippen LogP contribution is -2.61. The van der Waals surface area contributed by atoms with Gasteiger partial charge in [-0.3, -0.25) is 4.79 Å². The molecule has 136 valence electrons. The minimum absolute atomic E-state index is 0.0159. The lowest BCUT2D eigenvalue weighted by atomic mass is 9.99. The molecule has 0 aromatic carbocycles. The number of aliphatic hydroxyl groups is 2. The van der Waals surface area contributed by atoms with E-state index >= 15 is 0 Å². The first-order chi connectivity index (χ1) is 10.4. The van der Waals surface area contributed by atoms with Crippen LogP contribution in [0.5, 0.6) is 0 Å². The fraction of sp³-hybridized carbons (Fsp3) is 0.933. The Balaban J connectivity index is 2.83. The molecule has 0 aromatic heterocycles. The molecular formula is C15H30O7Si. The highest BCUT2D eigenvalue weighted by Crippen LogP contribution is 2.37. The summed E-state index contributed by atoms with van der Waals surface area (Å²) in [4.78, 5) is 11.2. The molecule has 5 atom stereocenters. The molecule has 7 nitrogen and oxygen atoms in total. The second-order valence-electron chi connectivity index (χ2n) is 7.41. The Morgan fingerprint density at radius 3 is 2.22 bits per heavy atom. The summed E-state index contributed by atoms with van der Waals surface area (Å²) in [5, 5.41) is 20.5. The zero-order valence-corrected chi connectivity index (χ0v) is 16.0. The van der Waals surface area contributed by atoms with Gasteiger partial charge in [0, 0.05) is 14.0 Å². The highest BCUT2D eigenvalue weighted by Gasteiger charge is 2.48. The Bertz CT molecular complexity index is 407. The predicted molar refractivity (Wildman–Crippen MR) is 86.4 cm³/mol. The molecule has 0 saturated carbocycles. The maximum Gasteiger partial charge on any atom is 0.303 e. The van der Waals surface area contributed by atoms with Gasteiger partial charge in [0.2, 0.25) is 0 Å². The molecule has 0 bridgehead atoms. The number of carbonyl (C=O) groups is 1. The Hall–Kier alpha value is -0.513. The highest BCUT2D eigenvalue weighted by molar-refractivity contribution is 6.74. The standard InChI is InChI=1S/C15H30O7Si/c1-9(16)21-13-11(17)10(22-14(19-5)12(13)18)8-20-23(6,7)15(2,3)4/h10-14,17-18H,8H2,1-7H3/t10-,11-,12-,13+,14+/m1/s1. The molecule has 0 spiro atoms. The van der Waals surface area contributed by atoms with E-state index in [0.29, 0.717) is 0 Å². The SMILES string of the molecule is CO[C@H]1O[C@H](CO[Si](C)(C)C(C)(C)C)[C@@H](O)[C@H](OC(C)=O)[C@H]1O. The summed E-state index contributed by atoms with van der Waals surface area (Å²) in [6, 6.07) is 0. The molecular weight excluding hydrogens is 320 g/mol. The van der Waals surface area contributed by atoms with Gasteiger partial charge in [0.15, 0.2) is 20.7 Å². The van der Waals surface area contributed by atoms with Crippen LogP contribution in [0.1, 0.15) is 27.7 Å². The van der Waals surface area contributed by atoms with Gasteiger partial charge in [0.05, 0.1) is 6.61 Å². The summed E-state index contributed by atoms with van der Waals surface area (Å²) in [6.07, 6.45) is -5.30. The van der Waals surface area contributed by atoms with Gasteiger partial charge in [-0.25, -0.2) is 0 Å². The van der Waals surface area contributed by atoms with E-state index in [4.69, 9.17) is 18.6 Å². The van der Waals surface area contributed by atoms with Crippen molar-refractivity contribution in [3.63, 3.8) is 0 Å². The van der Waals surface area contributed by atoms with E-state index in [1.54, 1.807) is 0 Å². The highest BCUT2D eigenvalue weighted by atomic mass is 28.4. The van der Waals surface area contributed by atoms with E-state index in [1.165, 1.54) is 14.0 Å². The van der Waals surface area contributed by atoms with Crippen LogP contribution in [0, 0.1) is 0 Å². The zero-order valence-electron chi connectivity index (χ0n) is 15.0. The number of methoxy groups -OCH3 is 1. The monoisotopic (exact) mass is 350 g/mol. The summed E-state index contributed by atoms with van der Waals surface area (Å²) in [6.45, 7) is 11.9. The Labute approximate surface area is 139 Å².